The van der Waals surface area contributed by atoms with Gasteiger partial charge in [-0.25, -0.2) is 8.42 Å². The van der Waals surface area contributed by atoms with Crippen LogP contribution in [-0.4, -0.2) is 27.2 Å². The Labute approximate surface area is 156 Å². The molecular weight excluding hydrogens is 406 g/mol. The molecule has 0 unspecified atom stereocenters. The van der Waals surface area contributed by atoms with Crippen molar-refractivity contribution in [2.45, 2.75) is 25.2 Å². The summed E-state index contributed by atoms with van der Waals surface area (Å²) in [7, 11) is -1.98. The lowest BCUT2D eigenvalue weighted by atomic mass is 10.2. The van der Waals surface area contributed by atoms with E-state index in [1.165, 1.54) is 7.11 Å². The molecule has 25 heavy (non-hydrogen) atoms. The highest BCUT2D eigenvalue weighted by Gasteiger charge is 2.18. The lowest BCUT2D eigenvalue weighted by Gasteiger charge is -2.14. The van der Waals surface area contributed by atoms with Crippen LogP contribution in [0.2, 0.25) is 0 Å². The van der Waals surface area contributed by atoms with Gasteiger partial charge in [0, 0.05) is 10.9 Å². The Morgan fingerprint density at radius 2 is 1.80 bits per heavy atom. The number of sulfone groups is 1. The molecule has 0 atom stereocenters. The van der Waals surface area contributed by atoms with E-state index in [9.17, 15) is 13.2 Å². The van der Waals surface area contributed by atoms with Crippen LogP contribution < -0.4 is 10.1 Å². The number of amides is 1. The molecular formula is C18H20BrNO4S. The first-order chi connectivity index (χ1) is 11.7. The number of hydrogen-bond donors (Lipinski definition) is 1. The number of rotatable bonds is 6. The average molecular weight is 426 g/mol. The summed E-state index contributed by atoms with van der Waals surface area (Å²) < 4.78 is 30.8. The lowest BCUT2D eigenvalue weighted by molar-refractivity contribution is -0.115. The van der Waals surface area contributed by atoms with E-state index in [0.717, 1.165) is 15.6 Å². The van der Waals surface area contributed by atoms with Crippen LogP contribution in [0.25, 0.3) is 0 Å². The Bertz CT molecular complexity index is 877. The van der Waals surface area contributed by atoms with Crippen molar-refractivity contribution in [1.82, 2.24) is 0 Å². The van der Waals surface area contributed by atoms with E-state index in [2.05, 4.69) is 21.2 Å². The van der Waals surface area contributed by atoms with Gasteiger partial charge < -0.3 is 10.1 Å². The fourth-order valence-electron chi connectivity index (χ4n) is 2.33. The van der Waals surface area contributed by atoms with E-state index in [-0.39, 0.29) is 23.0 Å². The van der Waals surface area contributed by atoms with Crippen LogP contribution in [0.5, 0.6) is 5.75 Å². The highest BCUT2D eigenvalue weighted by Crippen LogP contribution is 2.32. The number of anilines is 1. The van der Waals surface area contributed by atoms with Crippen molar-refractivity contribution in [3.63, 3.8) is 0 Å². The van der Waals surface area contributed by atoms with Gasteiger partial charge in [-0.15, -0.1) is 0 Å². The van der Waals surface area contributed by atoms with E-state index in [1.807, 2.05) is 19.9 Å². The zero-order chi connectivity index (χ0) is 18.6. The van der Waals surface area contributed by atoms with Crippen LogP contribution in [0.4, 0.5) is 5.69 Å². The molecule has 1 amide bonds. The molecule has 0 aliphatic carbocycles. The minimum Gasteiger partial charge on any atom is -0.495 e. The summed E-state index contributed by atoms with van der Waals surface area (Å²) in [6, 6.07) is 10.2. The molecule has 134 valence electrons. The zero-order valence-electron chi connectivity index (χ0n) is 14.3. The van der Waals surface area contributed by atoms with Crippen LogP contribution in [0.3, 0.4) is 0 Å². The van der Waals surface area contributed by atoms with E-state index in [1.54, 1.807) is 30.3 Å². The SMILES string of the molecule is COc1cc(Br)cc(C)c1NC(=O)CCS(=O)(=O)c1ccc(C)cc1. The first kappa shape index (κ1) is 19.5. The predicted octanol–water partition coefficient (Wildman–Crippen LogP) is 3.88. The summed E-state index contributed by atoms with van der Waals surface area (Å²) in [6.45, 7) is 3.73. The molecule has 2 aromatic carbocycles. The summed E-state index contributed by atoms with van der Waals surface area (Å²) in [4.78, 5) is 12.4. The Kier molecular flexibility index (Phi) is 6.24. The molecule has 0 saturated heterocycles. The number of carbonyl (C=O) groups excluding carboxylic acids is 1. The summed E-state index contributed by atoms with van der Waals surface area (Å²) in [6.07, 6.45) is -0.130. The van der Waals surface area contributed by atoms with Crippen LogP contribution in [-0.2, 0) is 14.6 Å². The van der Waals surface area contributed by atoms with Crippen LogP contribution in [0.1, 0.15) is 17.5 Å². The maximum absolute atomic E-state index is 12.3. The normalized spacial score (nSPS) is 11.2. The fourth-order valence-corrected chi connectivity index (χ4v) is 4.12. The predicted molar refractivity (Wildman–Crippen MR) is 102 cm³/mol. The highest BCUT2D eigenvalue weighted by atomic mass is 79.9. The molecule has 0 aromatic heterocycles. The van der Waals surface area contributed by atoms with E-state index in [4.69, 9.17) is 4.74 Å². The van der Waals surface area contributed by atoms with E-state index in [0.29, 0.717) is 11.4 Å². The maximum atomic E-state index is 12.3. The van der Waals surface area contributed by atoms with Crippen molar-refractivity contribution in [1.29, 1.82) is 0 Å². The third-order valence-electron chi connectivity index (χ3n) is 3.73. The van der Waals surface area contributed by atoms with Gasteiger partial charge in [0.1, 0.15) is 5.75 Å². The number of halogens is 1. The molecule has 0 fully saturated rings. The van der Waals surface area contributed by atoms with Gasteiger partial charge in [0.15, 0.2) is 9.84 Å². The smallest absolute Gasteiger partial charge is 0.225 e. The van der Waals surface area contributed by atoms with Gasteiger partial charge in [0.05, 0.1) is 23.4 Å². The van der Waals surface area contributed by atoms with Crippen molar-refractivity contribution in [2.24, 2.45) is 0 Å². The minimum absolute atomic E-state index is 0.130. The van der Waals surface area contributed by atoms with Gasteiger partial charge in [-0.05, 0) is 43.7 Å². The first-order valence-electron chi connectivity index (χ1n) is 7.66. The molecule has 2 rings (SSSR count). The van der Waals surface area contributed by atoms with E-state index >= 15 is 0 Å². The Hall–Kier alpha value is -1.86. The van der Waals surface area contributed by atoms with Crippen molar-refractivity contribution < 1.29 is 17.9 Å². The number of benzene rings is 2. The summed E-state index contributed by atoms with van der Waals surface area (Å²) in [5, 5.41) is 2.74. The fraction of sp³-hybridized carbons (Fsp3) is 0.278. The van der Waals surface area contributed by atoms with Crippen LogP contribution >= 0.6 is 15.9 Å². The Morgan fingerprint density at radius 1 is 1.16 bits per heavy atom. The van der Waals surface area contributed by atoms with Gasteiger partial charge in [0.2, 0.25) is 5.91 Å². The first-order valence-corrected chi connectivity index (χ1v) is 10.1. The van der Waals surface area contributed by atoms with Crippen molar-refractivity contribution in [2.75, 3.05) is 18.2 Å². The second kappa shape index (κ2) is 8.01. The lowest BCUT2D eigenvalue weighted by Crippen LogP contribution is -2.18. The molecule has 0 spiro atoms. The monoisotopic (exact) mass is 425 g/mol. The van der Waals surface area contributed by atoms with Crippen molar-refractivity contribution in [3.05, 3.63) is 52.0 Å². The third-order valence-corrected chi connectivity index (χ3v) is 5.92. The zero-order valence-corrected chi connectivity index (χ0v) is 16.7. The molecule has 7 heteroatoms. The van der Waals surface area contributed by atoms with Gasteiger partial charge >= 0.3 is 0 Å². The number of methoxy groups -OCH3 is 1. The van der Waals surface area contributed by atoms with Gasteiger partial charge in [-0.2, -0.15) is 0 Å². The minimum atomic E-state index is -3.50. The number of carbonyl (C=O) groups is 1. The molecule has 0 heterocycles. The standard InChI is InChI=1S/C18H20BrNO4S/c1-12-4-6-15(7-5-12)25(22,23)9-8-17(21)20-18-13(2)10-14(19)11-16(18)24-3/h4-7,10-11H,8-9H2,1-3H3,(H,20,21). The molecule has 0 bridgehead atoms. The topological polar surface area (TPSA) is 72.5 Å². The molecule has 0 aliphatic heterocycles. The van der Waals surface area contributed by atoms with Gasteiger partial charge in [-0.3, -0.25) is 4.79 Å². The molecule has 2 aromatic rings. The summed E-state index contributed by atoms with van der Waals surface area (Å²) >= 11 is 3.37. The number of nitrogens with one attached hydrogen (secondary N) is 1. The third kappa shape index (κ3) is 5.06. The second-order valence-electron chi connectivity index (χ2n) is 5.73. The van der Waals surface area contributed by atoms with Gasteiger partial charge in [-0.1, -0.05) is 33.6 Å². The van der Waals surface area contributed by atoms with Gasteiger partial charge in [0.25, 0.3) is 0 Å². The quantitative estimate of drug-likeness (QED) is 0.761. The number of aryl methyl sites for hydroxylation is 2. The largest absolute Gasteiger partial charge is 0.495 e. The number of hydrogen-bond acceptors (Lipinski definition) is 4. The van der Waals surface area contributed by atoms with Crippen molar-refractivity contribution >= 4 is 37.4 Å². The molecule has 0 saturated carbocycles. The van der Waals surface area contributed by atoms with Crippen molar-refractivity contribution in [3.8, 4) is 5.75 Å². The Morgan fingerprint density at radius 3 is 2.40 bits per heavy atom. The maximum Gasteiger partial charge on any atom is 0.225 e. The number of ether oxygens (including phenoxy) is 1. The Balaban J connectivity index is 2.07. The van der Waals surface area contributed by atoms with E-state index < -0.39 is 9.84 Å². The highest BCUT2D eigenvalue weighted by molar-refractivity contribution is 9.10. The summed E-state index contributed by atoms with van der Waals surface area (Å²) in [5.74, 6) is -0.110. The molecule has 0 aliphatic rings. The average Bonchev–Trinajstić information content (AvgIpc) is 2.55. The molecule has 0 radical (unpaired) electrons. The van der Waals surface area contributed by atoms with Crippen LogP contribution in [0, 0.1) is 13.8 Å². The summed E-state index contributed by atoms with van der Waals surface area (Å²) in [5.41, 5.74) is 2.35. The molecule has 5 nitrogen and oxygen atoms in total. The van der Waals surface area contributed by atoms with Crippen LogP contribution in [0.15, 0.2) is 45.8 Å². The second-order valence-corrected chi connectivity index (χ2v) is 8.75. The molecule has 1 N–H and O–H groups in total.